The summed E-state index contributed by atoms with van der Waals surface area (Å²) < 4.78 is 40.1. The van der Waals surface area contributed by atoms with Gasteiger partial charge in [-0.25, -0.2) is 14.2 Å². The van der Waals surface area contributed by atoms with Gasteiger partial charge in [-0.15, -0.1) is 0 Å². The number of fused-ring (bicyclic) bond motifs is 1. The minimum absolute atomic E-state index is 0.0255. The van der Waals surface area contributed by atoms with Crippen LogP contribution in [-0.2, 0) is 27.1 Å². The summed E-state index contributed by atoms with van der Waals surface area (Å²) in [5.74, 6) is -2.38. The van der Waals surface area contributed by atoms with Crippen LogP contribution in [0.1, 0.15) is 43.8 Å². The summed E-state index contributed by atoms with van der Waals surface area (Å²) in [6.45, 7) is 8.68. The van der Waals surface area contributed by atoms with E-state index in [9.17, 15) is 14.3 Å². The van der Waals surface area contributed by atoms with Gasteiger partial charge in [0.15, 0.2) is 17.2 Å². The smallest absolute Gasteiger partial charge is 0.330 e. The van der Waals surface area contributed by atoms with Crippen LogP contribution >= 0.6 is 0 Å². The highest BCUT2D eigenvalue weighted by Crippen LogP contribution is 2.36. The zero-order valence-corrected chi connectivity index (χ0v) is 23.5. The highest BCUT2D eigenvalue weighted by Gasteiger charge is 2.30. The van der Waals surface area contributed by atoms with E-state index in [1.54, 1.807) is 36.5 Å². The van der Waals surface area contributed by atoms with Crippen LogP contribution in [0.2, 0.25) is 0 Å². The predicted molar refractivity (Wildman–Crippen MR) is 146 cm³/mol. The molecule has 1 atom stereocenters. The van der Waals surface area contributed by atoms with E-state index in [4.69, 9.17) is 4.74 Å². The van der Waals surface area contributed by atoms with Crippen molar-refractivity contribution in [3.05, 3.63) is 63.5 Å². The number of benzene rings is 1. The molecule has 0 saturated carbocycles. The SMILES string of the molecule is CNCCn1c(=O)n(C)c2ncc(-c3ccc(F)c(F)c3OCCc3c(C(O)C(C)(C)C)nn(C)c3C)cc21. The van der Waals surface area contributed by atoms with Gasteiger partial charge >= 0.3 is 5.69 Å². The molecule has 0 bridgehead atoms. The molecule has 0 saturated heterocycles. The van der Waals surface area contributed by atoms with E-state index in [2.05, 4.69) is 15.4 Å². The zero-order valence-electron chi connectivity index (χ0n) is 23.5. The highest BCUT2D eigenvalue weighted by molar-refractivity contribution is 5.81. The summed E-state index contributed by atoms with van der Waals surface area (Å²) in [6, 6.07) is 4.23. The van der Waals surface area contributed by atoms with Crippen LogP contribution in [0.3, 0.4) is 0 Å². The molecule has 2 N–H and O–H groups in total. The number of aryl methyl sites for hydroxylation is 2. The molecule has 0 aliphatic rings. The number of rotatable bonds is 9. The molecule has 3 heterocycles. The van der Waals surface area contributed by atoms with E-state index in [0.717, 1.165) is 17.3 Å². The molecule has 210 valence electrons. The second-order valence-electron chi connectivity index (χ2n) is 10.8. The molecule has 0 fully saturated rings. The van der Waals surface area contributed by atoms with Crippen molar-refractivity contribution in [1.29, 1.82) is 0 Å². The molecule has 0 amide bonds. The summed E-state index contributed by atoms with van der Waals surface area (Å²) in [4.78, 5) is 17.2. The minimum Gasteiger partial charge on any atom is -0.489 e. The molecule has 4 aromatic rings. The predicted octanol–water partition coefficient (Wildman–Crippen LogP) is 3.64. The van der Waals surface area contributed by atoms with Crippen LogP contribution in [0.15, 0.2) is 29.2 Å². The van der Waals surface area contributed by atoms with Crippen LogP contribution in [0, 0.1) is 24.0 Å². The first-order valence-electron chi connectivity index (χ1n) is 12.9. The van der Waals surface area contributed by atoms with Crippen LogP contribution in [0.25, 0.3) is 22.3 Å². The Morgan fingerprint density at radius 3 is 2.59 bits per heavy atom. The lowest BCUT2D eigenvalue weighted by molar-refractivity contribution is 0.0575. The average molecular weight is 543 g/mol. The number of imidazole rings is 1. The maximum Gasteiger partial charge on any atom is 0.330 e. The summed E-state index contributed by atoms with van der Waals surface area (Å²) in [7, 11) is 5.24. The third-order valence-corrected chi connectivity index (χ3v) is 7.09. The fraction of sp³-hybridized carbons (Fsp3) is 0.464. The number of hydrogen-bond donors (Lipinski definition) is 2. The molecule has 0 radical (unpaired) electrons. The standard InChI is InChI=1S/C28H36F2N6O3/c1-16-18(23(33-35(16)7)25(37)28(2,3)4)10-13-39-24-19(8-9-20(29)22(24)30)17-14-21-26(32-15-17)34(6)27(38)36(21)12-11-31-5/h8-9,14-15,25,31,37H,10-13H2,1-7H3. The molecule has 1 aromatic carbocycles. The van der Waals surface area contributed by atoms with Gasteiger partial charge in [-0.2, -0.15) is 9.49 Å². The molecule has 3 aromatic heterocycles. The molecule has 9 nitrogen and oxygen atoms in total. The van der Waals surface area contributed by atoms with Crippen molar-refractivity contribution in [2.75, 3.05) is 20.2 Å². The lowest BCUT2D eigenvalue weighted by Gasteiger charge is -2.25. The third-order valence-electron chi connectivity index (χ3n) is 7.09. The van der Waals surface area contributed by atoms with E-state index in [1.807, 2.05) is 27.7 Å². The van der Waals surface area contributed by atoms with Crippen molar-refractivity contribution >= 4 is 11.2 Å². The third kappa shape index (κ3) is 5.33. The Hall–Kier alpha value is -3.57. The van der Waals surface area contributed by atoms with E-state index < -0.39 is 23.2 Å². The van der Waals surface area contributed by atoms with Gasteiger partial charge in [-0.1, -0.05) is 20.8 Å². The second kappa shape index (κ2) is 10.9. The highest BCUT2D eigenvalue weighted by atomic mass is 19.2. The molecule has 39 heavy (non-hydrogen) atoms. The number of aromatic nitrogens is 5. The lowest BCUT2D eigenvalue weighted by Crippen LogP contribution is -2.26. The van der Waals surface area contributed by atoms with Crippen molar-refractivity contribution in [2.24, 2.45) is 19.5 Å². The number of pyridine rings is 1. The fourth-order valence-electron chi connectivity index (χ4n) is 4.64. The molecule has 0 aliphatic heterocycles. The van der Waals surface area contributed by atoms with E-state index in [-0.39, 0.29) is 18.0 Å². The van der Waals surface area contributed by atoms with E-state index >= 15 is 4.39 Å². The van der Waals surface area contributed by atoms with Gasteiger partial charge in [0.2, 0.25) is 5.82 Å². The molecular weight excluding hydrogens is 506 g/mol. The van der Waals surface area contributed by atoms with Crippen molar-refractivity contribution in [2.45, 2.75) is 46.8 Å². The Morgan fingerprint density at radius 2 is 1.92 bits per heavy atom. The minimum atomic E-state index is -1.11. The topological polar surface area (TPSA) is 99.1 Å². The Balaban J connectivity index is 1.69. The molecular formula is C28H36F2N6O3. The monoisotopic (exact) mass is 542 g/mol. The van der Waals surface area contributed by atoms with Crippen LogP contribution in [-0.4, -0.2) is 49.2 Å². The summed E-state index contributed by atoms with van der Waals surface area (Å²) in [5, 5.41) is 18.4. The Bertz CT molecular complexity index is 1560. The summed E-state index contributed by atoms with van der Waals surface area (Å²) in [6.07, 6.45) is 1.04. The Kier molecular flexibility index (Phi) is 7.94. The van der Waals surface area contributed by atoms with Crippen LogP contribution < -0.4 is 15.7 Å². The maximum atomic E-state index is 15.1. The zero-order chi connectivity index (χ0) is 28.6. The van der Waals surface area contributed by atoms with Gasteiger partial charge < -0.3 is 15.2 Å². The number of aliphatic hydroxyl groups excluding tert-OH is 1. The van der Waals surface area contributed by atoms with Crippen molar-refractivity contribution in [3.8, 4) is 16.9 Å². The molecule has 11 heteroatoms. The first kappa shape index (κ1) is 28.4. The number of halogens is 2. The Labute approximate surface area is 226 Å². The van der Waals surface area contributed by atoms with Gasteiger partial charge in [0.05, 0.1) is 17.8 Å². The van der Waals surface area contributed by atoms with E-state index in [0.29, 0.717) is 47.5 Å². The normalized spacial score (nSPS) is 12.9. The number of aliphatic hydroxyl groups is 1. The Morgan fingerprint density at radius 1 is 1.21 bits per heavy atom. The first-order valence-corrected chi connectivity index (χ1v) is 12.9. The van der Waals surface area contributed by atoms with Crippen LogP contribution in [0.5, 0.6) is 5.75 Å². The molecule has 0 spiro atoms. The number of likely N-dealkylation sites (N-methyl/N-ethyl adjacent to an activating group) is 1. The van der Waals surface area contributed by atoms with Gasteiger partial charge in [0.25, 0.3) is 0 Å². The first-order chi connectivity index (χ1) is 18.4. The maximum absolute atomic E-state index is 15.1. The number of ether oxygens (including phenoxy) is 1. The van der Waals surface area contributed by atoms with Gasteiger partial charge in [-0.05, 0) is 37.6 Å². The molecule has 4 rings (SSSR count). The average Bonchev–Trinajstić information content (AvgIpc) is 3.30. The van der Waals surface area contributed by atoms with Crippen molar-refractivity contribution in [1.82, 2.24) is 29.2 Å². The van der Waals surface area contributed by atoms with E-state index in [1.165, 1.54) is 16.8 Å². The summed E-state index contributed by atoms with van der Waals surface area (Å²) in [5.41, 5.74) is 3.43. The molecule has 0 aliphatic carbocycles. The lowest BCUT2D eigenvalue weighted by atomic mass is 9.85. The van der Waals surface area contributed by atoms with Gasteiger partial charge in [0, 0.05) is 62.2 Å². The second-order valence-corrected chi connectivity index (χ2v) is 10.8. The van der Waals surface area contributed by atoms with Crippen molar-refractivity contribution in [3.63, 3.8) is 0 Å². The fourth-order valence-corrected chi connectivity index (χ4v) is 4.64. The van der Waals surface area contributed by atoms with Gasteiger partial charge in [-0.3, -0.25) is 13.8 Å². The number of nitrogens with zero attached hydrogens (tertiary/aromatic N) is 5. The quantitative estimate of drug-likeness (QED) is 0.335. The van der Waals surface area contributed by atoms with Crippen LogP contribution in [0.4, 0.5) is 8.78 Å². The van der Waals surface area contributed by atoms with Gasteiger partial charge in [0.1, 0.15) is 6.10 Å². The number of hydrogen-bond acceptors (Lipinski definition) is 6. The number of nitrogens with one attached hydrogen (secondary N) is 1. The summed E-state index contributed by atoms with van der Waals surface area (Å²) >= 11 is 0. The van der Waals surface area contributed by atoms with Crippen molar-refractivity contribution < 1.29 is 18.6 Å². The molecule has 1 unspecified atom stereocenters. The largest absolute Gasteiger partial charge is 0.489 e.